The second-order valence-electron chi connectivity index (χ2n) is 7.47. The predicted octanol–water partition coefficient (Wildman–Crippen LogP) is 5.63. The third-order valence-electron chi connectivity index (χ3n) is 5.30. The maximum Gasteiger partial charge on any atom is 0.264 e. The molecule has 0 unspecified atom stereocenters. The van der Waals surface area contributed by atoms with E-state index in [2.05, 4.69) is 10.3 Å². The summed E-state index contributed by atoms with van der Waals surface area (Å²) in [4.78, 5) is 17.2. The molecule has 0 bridgehead atoms. The number of nitrogens with zero attached hydrogens (tertiary/aromatic N) is 2. The van der Waals surface area contributed by atoms with Crippen molar-refractivity contribution in [3.05, 3.63) is 95.9 Å². The second kappa shape index (κ2) is 8.77. The van der Waals surface area contributed by atoms with Gasteiger partial charge in [-0.2, -0.15) is 0 Å². The van der Waals surface area contributed by atoms with Gasteiger partial charge in [-0.25, -0.2) is 13.4 Å². The molecule has 1 amide bonds. The molecule has 0 aliphatic rings. The van der Waals surface area contributed by atoms with E-state index in [1.807, 2.05) is 41.8 Å². The van der Waals surface area contributed by atoms with Gasteiger partial charge >= 0.3 is 0 Å². The van der Waals surface area contributed by atoms with Crippen LogP contribution in [0.15, 0.2) is 99.6 Å². The van der Waals surface area contributed by atoms with E-state index < -0.39 is 10.0 Å². The Kier molecular flexibility index (Phi) is 5.64. The first-order chi connectivity index (χ1) is 16.4. The Labute approximate surface area is 200 Å². The molecule has 5 aromatic rings. The Morgan fingerprint density at radius 3 is 2.41 bits per heavy atom. The van der Waals surface area contributed by atoms with Crippen LogP contribution in [-0.4, -0.2) is 26.4 Å². The molecular weight excluding hydrogens is 470 g/mol. The van der Waals surface area contributed by atoms with Gasteiger partial charge in [0.05, 0.1) is 10.6 Å². The van der Waals surface area contributed by atoms with Crippen LogP contribution in [0, 0.1) is 0 Å². The molecule has 1 N–H and O–H groups in total. The van der Waals surface area contributed by atoms with Crippen molar-refractivity contribution in [3.63, 3.8) is 0 Å². The SMILES string of the molecule is CN(c1ccccc1)S(=O)(=O)c1ccc(C(=O)Nc2nc(-c3cc4ccccc4o3)cs2)cc1. The Morgan fingerprint density at radius 2 is 1.68 bits per heavy atom. The second-order valence-corrected chi connectivity index (χ2v) is 10.3. The van der Waals surface area contributed by atoms with E-state index in [4.69, 9.17) is 4.42 Å². The van der Waals surface area contributed by atoms with E-state index in [9.17, 15) is 13.2 Å². The summed E-state index contributed by atoms with van der Waals surface area (Å²) in [7, 11) is -2.26. The quantitative estimate of drug-likeness (QED) is 0.334. The van der Waals surface area contributed by atoms with E-state index in [1.165, 1.54) is 47.0 Å². The molecule has 0 radical (unpaired) electrons. The number of nitrogens with one attached hydrogen (secondary N) is 1. The average Bonchev–Trinajstić information content (AvgIpc) is 3.51. The van der Waals surface area contributed by atoms with Gasteiger partial charge in [-0.1, -0.05) is 36.4 Å². The molecule has 170 valence electrons. The molecule has 0 saturated carbocycles. The number of carbonyl (C=O) groups excluding carboxylic acids is 1. The maximum absolute atomic E-state index is 12.9. The number of sulfonamides is 1. The smallest absolute Gasteiger partial charge is 0.264 e. The predicted molar refractivity (Wildman–Crippen MR) is 134 cm³/mol. The van der Waals surface area contributed by atoms with E-state index in [-0.39, 0.29) is 10.8 Å². The fourth-order valence-electron chi connectivity index (χ4n) is 3.43. The van der Waals surface area contributed by atoms with Crippen LogP contribution >= 0.6 is 11.3 Å². The summed E-state index contributed by atoms with van der Waals surface area (Å²) < 4.78 is 32.9. The first-order valence-corrected chi connectivity index (χ1v) is 12.6. The summed E-state index contributed by atoms with van der Waals surface area (Å²) in [5.41, 5.74) is 2.26. The molecule has 34 heavy (non-hydrogen) atoms. The Balaban J connectivity index is 1.30. The third kappa shape index (κ3) is 4.18. The Bertz CT molecular complexity index is 1540. The number of para-hydroxylation sites is 2. The minimum absolute atomic E-state index is 0.0943. The number of benzene rings is 3. The number of aromatic nitrogens is 1. The van der Waals surface area contributed by atoms with Crippen LogP contribution in [0.4, 0.5) is 10.8 Å². The zero-order chi connectivity index (χ0) is 23.7. The average molecular weight is 490 g/mol. The summed E-state index contributed by atoms with van der Waals surface area (Å²) in [5, 5.41) is 5.96. The number of hydrogen-bond acceptors (Lipinski definition) is 6. The monoisotopic (exact) mass is 489 g/mol. The van der Waals surface area contributed by atoms with Gasteiger partial charge in [0.2, 0.25) is 0 Å². The summed E-state index contributed by atoms with van der Waals surface area (Å²) in [6.07, 6.45) is 0. The number of thiazole rings is 1. The fraction of sp³-hybridized carbons (Fsp3) is 0.0400. The van der Waals surface area contributed by atoms with Crippen LogP contribution in [0.25, 0.3) is 22.4 Å². The first kappa shape index (κ1) is 21.9. The summed E-state index contributed by atoms with van der Waals surface area (Å²) in [6.45, 7) is 0. The topological polar surface area (TPSA) is 92.5 Å². The van der Waals surface area contributed by atoms with Crippen molar-refractivity contribution in [1.82, 2.24) is 4.98 Å². The van der Waals surface area contributed by atoms with Crippen LogP contribution in [0.2, 0.25) is 0 Å². The van der Waals surface area contributed by atoms with Crippen LogP contribution in [0.1, 0.15) is 10.4 Å². The lowest BCUT2D eigenvalue weighted by Gasteiger charge is -2.19. The third-order valence-corrected chi connectivity index (χ3v) is 7.85. The van der Waals surface area contributed by atoms with Crippen LogP contribution in [-0.2, 0) is 10.0 Å². The Morgan fingerprint density at radius 1 is 0.971 bits per heavy atom. The van der Waals surface area contributed by atoms with Crippen molar-refractivity contribution in [1.29, 1.82) is 0 Å². The fourth-order valence-corrected chi connectivity index (χ4v) is 5.33. The van der Waals surface area contributed by atoms with E-state index in [1.54, 1.807) is 24.3 Å². The van der Waals surface area contributed by atoms with Gasteiger partial charge in [-0.3, -0.25) is 14.4 Å². The van der Waals surface area contributed by atoms with Gasteiger partial charge in [-0.05, 0) is 48.5 Å². The van der Waals surface area contributed by atoms with E-state index in [0.29, 0.717) is 27.8 Å². The minimum atomic E-state index is -3.75. The molecule has 0 saturated heterocycles. The highest BCUT2D eigenvalue weighted by Crippen LogP contribution is 2.30. The molecule has 0 aliphatic carbocycles. The summed E-state index contributed by atoms with van der Waals surface area (Å²) in [5.74, 6) is 0.237. The zero-order valence-electron chi connectivity index (χ0n) is 18.0. The lowest BCUT2D eigenvalue weighted by Crippen LogP contribution is -2.26. The van der Waals surface area contributed by atoms with Gasteiger partial charge in [0.15, 0.2) is 10.9 Å². The number of rotatable bonds is 6. The van der Waals surface area contributed by atoms with Gasteiger partial charge in [0, 0.05) is 23.4 Å². The lowest BCUT2D eigenvalue weighted by molar-refractivity contribution is 0.102. The van der Waals surface area contributed by atoms with Gasteiger partial charge in [0.1, 0.15) is 11.3 Å². The van der Waals surface area contributed by atoms with Crippen LogP contribution in [0.5, 0.6) is 0 Å². The van der Waals surface area contributed by atoms with Crippen molar-refractivity contribution >= 4 is 49.1 Å². The molecule has 0 fully saturated rings. The van der Waals surface area contributed by atoms with Crippen molar-refractivity contribution in [2.75, 3.05) is 16.7 Å². The highest BCUT2D eigenvalue weighted by atomic mass is 32.2. The molecule has 2 aromatic heterocycles. The van der Waals surface area contributed by atoms with Gasteiger partial charge in [0.25, 0.3) is 15.9 Å². The van der Waals surface area contributed by atoms with E-state index in [0.717, 1.165) is 11.0 Å². The molecule has 0 atom stereocenters. The number of furan rings is 1. The first-order valence-electron chi connectivity index (χ1n) is 10.3. The van der Waals surface area contributed by atoms with Crippen molar-refractivity contribution in [2.45, 2.75) is 4.90 Å². The normalized spacial score (nSPS) is 11.4. The minimum Gasteiger partial charge on any atom is -0.454 e. The zero-order valence-corrected chi connectivity index (χ0v) is 19.6. The summed E-state index contributed by atoms with van der Waals surface area (Å²) >= 11 is 1.28. The molecule has 2 heterocycles. The molecule has 7 nitrogen and oxygen atoms in total. The van der Waals surface area contributed by atoms with Crippen LogP contribution in [0.3, 0.4) is 0 Å². The number of carbonyl (C=O) groups is 1. The molecule has 3 aromatic carbocycles. The molecule has 0 spiro atoms. The molecular formula is C25H19N3O4S2. The van der Waals surface area contributed by atoms with Crippen LogP contribution < -0.4 is 9.62 Å². The van der Waals surface area contributed by atoms with Gasteiger partial charge in [-0.15, -0.1) is 11.3 Å². The maximum atomic E-state index is 12.9. The van der Waals surface area contributed by atoms with Crippen molar-refractivity contribution in [2.24, 2.45) is 0 Å². The molecule has 9 heteroatoms. The highest BCUT2D eigenvalue weighted by molar-refractivity contribution is 7.92. The van der Waals surface area contributed by atoms with Crippen molar-refractivity contribution < 1.29 is 17.6 Å². The Hall–Kier alpha value is -3.95. The van der Waals surface area contributed by atoms with Crippen molar-refractivity contribution in [3.8, 4) is 11.5 Å². The van der Waals surface area contributed by atoms with Gasteiger partial charge < -0.3 is 4.42 Å². The lowest BCUT2D eigenvalue weighted by atomic mass is 10.2. The number of fused-ring (bicyclic) bond motifs is 1. The standard InChI is InChI=1S/C25H19N3O4S2/c1-28(19-8-3-2-4-9-19)34(30,31)20-13-11-17(12-14-20)24(29)27-25-26-21(16-33-25)23-15-18-7-5-6-10-22(18)32-23/h2-16H,1H3,(H,26,27,29). The molecule has 0 aliphatic heterocycles. The van der Waals surface area contributed by atoms with E-state index >= 15 is 0 Å². The largest absolute Gasteiger partial charge is 0.454 e. The number of anilines is 2. The highest BCUT2D eigenvalue weighted by Gasteiger charge is 2.21. The number of hydrogen-bond donors (Lipinski definition) is 1. The molecule has 5 rings (SSSR count). The number of amides is 1. The summed E-state index contributed by atoms with van der Waals surface area (Å²) in [6, 6.07) is 24.2.